The van der Waals surface area contributed by atoms with Gasteiger partial charge < -0.3 is 26.4 Å². The van der Waals surface area contributed by atoms with Crippen LogP contribution in [0.3, 0.4) is 0 Å². The standard InChI is InChI=1S/C23H28N4O5/c1-15(20(24)28)25-22(30)19(13-17-9-5-3-6-10-17)27-21(29)16(2)26-23(31)32-14-18-11-7-4-8-12-18/h3-12,15-16,19H,13-14H2,1-2H3,(H2,24,28)(H,25,30)(H,26,31)(H,27,29)/t15-,16+,19+/m1/s1. The van der Waals surface area contributed by atoms with Gasteiger partial charge in [0.05, 0.1) is 0 Å². The van der Waals surface area contributed by atoms with Gasteiger partial charge in [0.15, 0.2) is 0 Å². The highest BCUT2D eigenvalue weighted by Gasteiger charge is 2.26. The largest absolute Gasteiger partial charge is 0.445 e. The van der Waals surface area contributed by atoms with Gasteiger partial charge in [0, 0.05) is 6.42 Å². The normalized spacial score (nSPS) is 13.2. The van der Waals surface area contributed by atoms with Crippen molar-refractivity contribution in [2.75, 3.05) is 0 Å². The number of rotatable bonds is 10. The van der Waals surface area contributed by atoms with Crippen molar-refractivity contribution in [1.29, 1.82) is 0 Å². The smallest absolute Gasteiger partial charge is 0.408 e. The number of carbonyl (C=O) groups excluding carboxylic acids is 4. The number of nitrogens with two attached hydrogens (primary N) is 1. The SMILES string of the molecule is C[C@H](NC(=O)OCc1ccccc1)C(=O)N[C@@H](Cc1ccccc1)C(=O)N[C@H](C)C(N)=O. The van der Waals surface area contributed by atoms with E-state index in [0.717, 1.165) is 11.1 Å². The Bertz CT molecular complexity index is 920. The van der Waals surface area contributed by atoms with Crippen LogP contribution in [0.1, 0.15) is 25.0 Å². The first-order valence-corrected chi connectivity index (χ1v) is 10.2. The summed E-state index contributed by atoms with van der Waals surface area (Å²) in [5.74, 6) is -1.84. The van der Waals surface area contributed by atoms with Crippen LogP contribution in [0, 0.1) is 0 Å². The van der Waals surface area contributed by atoms with E-state index >= 15 is 0 Å². The molecule has 4 amide bonds. The highest BCUT2D eigenvalue weighted by Crippen LogP contribution is 2.05. The van der Waals surface area contributed by atoms with Crippen molar-refractivity contribution in [3.05, 3.63) is 71.8 Å². The fourth-order valence-corrected chi connectivity index (χ4v) is 2.75. The summed E-state index contributed by atoms with van der Waals surface area (Å²) in [4.78, 5) is 48.6. The molecule has 0 saturated carbocycles. The molecule has 2 rings (SSSR count). The van der Waals surface area contributed by atoms with Crippen LogP contribution in [0.25, 0.3) is 0 Å². The van der Waals surface area contributed by atoms with E-state index in [-0.39, 0.29) is 13.0 Å². The lowest BCUT2D eigenvalue weighted by atomic mass is 10.0. The average molecular weight is 441 g/mol. The molecule has 0 aromatic heterocycles. The van der Waals surface area contributed by atoms with E-state index in [1.165, 1.54) is 13.8 Å². The quantitative estimate of drug-likeness (QED) is 0.437. The lowest BCUT2D eigenvalue weighted by Gasteiger charge is -2.22. The summed E-state index contributed by atoms with van der Waals surface area (Å²) < 4.78 is 5.12. The van der Waals surface area contributed by atoms with Gasteiger partial charge >= 0.3 is 6.09 Å². The fraction of sp³-hybridized carbons (Fsp3) is 0.304. The molecule has 0 unspecified atom stereocenters. The lowest BCUT2D eigenvalue weighted by molar-refractivity contribution is -0.131. The molecule has 2 aromatic rings. The lowest BCUT2D eigenvalue weighted by Crippen LogP contribution is -2.56. The Morgan fingerprint density at radius 3 is 1.91 bits per heavy atom. The second-order valence-electron chi connectivity index (χ2n) is 7.31. The Morgan fingerprint density at radius 1 is 0.781 bits per heavy atom. The topological polar surface area (TPSA) is 140 Å². The first-order valence-electron chi connectivity index (χ1n) is 10.2. The number of ether oxygens (including phenoxy) is 1. The summed E-state index contributed by atoms with van der Waals surface area (Å²) in [7, 11) is 0. The Balaban J connectivity index is 1.96. The summed E-state index contributed by atoms with van der Waals surface area (Å²) in [5.41, 5.74) is 6.83. The van der Waals surface area contributed by atoms with E-state index in [0.29, 0.717) is 0 Å². The van der Waals surface area contributed by atoms with Crippen LogP contribution in [0.15, 0.2) is 60.7 Å². The second-order valence-corrected chi connectivity index (χ2v) is 7.31. The van der Waals surface area contributed by atoms with Crippen LogP contribution in [-0.4, -0.2) is 41.9 Å². The molecule has 0 bridgehead atoms. The van der Waals surface area contributed by atoms with Crippen molar-refractivity contribution < 1.29 is 23.9 Å². The van der Waals surface area contributed by atoms with Crippen LogP contribution in [0.5, 0.6) is 0 Å². The van der Waals surface area contributed by atoms with E-state index in [4.69, 9.17) is 10.5 Å². The second kappa shape index (κ2) is 12.1. The third-order valence-electron chi connectivity index (χ3n) is 4.64. The molecule has 9 heteroatoms. The van der Waals surface area contributed by atoms with Gasteiger partial charge in [-0.3, -0.25) is 14.4 Å². The number of amides is 4. The minimum absolute atomic E-state index is 0.0606. The van der Waals surface area contributed by atoms with Crippen molar-refractivity contribution in [2.24, 2.45) is 5.73 Å². The molecule has 32 heavy (non-hydrogen) atoms. The molecular formula is C23H28N4O5. The van der Waals surface area contributed by atoms with E-state index < -0.39 is 41.9 Å². The Labute approximate surface area is 186 Å². The van der Waals surface area contributed by atoms with Gasteiger partial charge in [-0.2, -0.15) is 0 Å². The maximum atomic E-state index is 12.7. The molecule has 2 aromatic carbocycles. The zero-order valence-corrected chi connectivity index (χ0v) is 18.0. The first-order chi connectivity index (χ1) is 15.3. The maximum Gasteiger partial charge on any atom is 0.408 e. The molecule has 0 spiro atoms. The third-order valence-corrected chi connectivity index (χ3v) is 4.64. The maximum absolute atomic E-state index is 12.7. The van der Waals surface area contributed by atoms with E-state index in [2.05, 4.69) is 16.0 Å². The molecule has 5 N–H and O–H groups in total. The van der Waals surface area contributed by atoms with E-state index in [1.54, 1.807) is 0 Å². The van der Waals surface area contributed by atoms with Crippen LogP contribution in [0.2, 0.25) is 0 Å². The Kier molecular flexibility index (Phi) is 9.22. The molecule has 3 atom stereocenters. The number of carbonyl (C=O) groups is 4. The molecule has 0 aliphatic heterocycles. The van der Waals surface area contributed by atoms with Crippen molar-refractivity contribution in [1.82, 2.24) is 16.0 Å². The number of hydrogen-bond acceptors (Lipinski definition) is 5. The van der Waals surface area contributed by atoms with Crippen LogP contribution in [0.4, 0.5) is 4.79 Å². The van der Waals surface area contributed by atoms with Crippen molar-refractivity contribution in [3.8, 4) is 0 Å². The number of nitrogens with one attached hydrogen (secondary N) is 3. The Hall–Kier alpha value is -3.88. The molecule has 0 saturated heterocycles. The Morgan fingerprint density at radius 2 is 1.34 bits per heavy atom. The van der Waals surface area contributed by atoms with Gasteiger partial charge in [0.1, 0.15) is 24.7 Å². The third kappa shape index (κ3) is 8.10. The number of primary amides is 1. The summed E-state index contributed by atoms with van der Waals surface area (Å²) in [6.07, 6.45) is -0.572. The van der Waals surface area contributed by atoms with Gasteiger partial charge in [-0.25, -0.2) is 4.79 Å². The summed E-state index contributed by atoms with van der Waals surface area (Å²) in [6, 6.07) is 15.4. The van der Waals surface area contributed by atoms with Gasteiger partial charge in [-0.05, 0) is 25.0 Å². The zero-order valence-electron chi connectivity index (χ0n) is 18.0. The average Bonchev–Trinajstić information content (AvgIpc) is 2.78. The summed E-state index contributed by atoms with van der Waals surface area (Å²) in [5, 5.41) is 7.54. The molecule has 0 aliphatic carbocycles. The van der Waals surface area contributed by atoms with Crippen molar-refractivity contribution >= 4 is 23.8 Å². The van der Waals surface area contributed by atoms with Crippen molar-refractivity contribution in [3.63, 3.8) is 0 Å². The molecular weight excluding hydrogens is 412 g/mol. The highest BCUT2D eigenvalue weighted by atomic mass is 16.5. The van der Waals surface area contributed by atoms with Gasteiger partial charge in [0.2, 0.25) is 17.7 Å². The molecule has 0 radical (unpaired) electrons. The monoisotopic (exact) mass is 440 g/mol. The first kappa shape index (κ1) is 24.4. The molecule has 0 aliphatic rings. The minimum Gasteiger partial charge on any atom is -0.445 e. The highest BCUT2D eigenvalue weighted by molar-refractivity contribution is 5.93. The number of alkyl carbamates (subject to hydrolysis) is 1. The van der Waals surface area contributed by atoms with Gasteiger partial charge in [-0.1, -0.05) is 60.7 Å². The van der Waals surface area contributed by atoms with E-state index in [1.807, 2.05) is 60.7 Å². The minimum atomic E-state index is -0.976. The number of benzene rings is 2. The molecule has 0 heterocycles. The summed E-state index contributed by atoms with van der Waals surface area (Å²) >= 11 is 0. The molecule has 0 fully saturated rings. The van der Waals surface area contributed by atoms with Gasteiger partial charge in [0.25, 0.3) is 0 Å². The van der Waals surface area contributed by atoms with Crippen molar-refractivity contribution in [2.45, 2.75) is 45.0 Å². The molecule has 170 valence electrons. The van der Waals surface area contributed by atoms with Crippen LogP contribution in [-0.2, 0) is 32.1 Å². The van der Waals surface area contributed by atoms with Gasteiger partial charge in [-0.15, -0.1) is 0 Å². The number of hydrogen-bond donors (Lipinski definition) is 4. The fourth-order valence-electron chi connectivity index (χ4n) is 2.75. The predicted octanol–water partition coefficient (Wildman–Crippen LogP) is 1.02. The van der Waals surface area contributed by atoms with Crippen LogP contribution >= 0.6 is 0 Å². The van der Waals surface area contributed by atoms with Crippen LogP contribution < -0.4 is 21.7 Å². The predicted molar refractivity (Wildman–Crippen MR) is 118 cm³/mol. The zero-order chi connectivity index (χ0) is 23.5. The molecule has 9 nitrogen and oxygen atoms in total. The van der Waals surface area contributed by atoms with E-state index in [9.17, 15) is 19.2 Å². The summed E-state index contributed by atoms with van der Waals surface area (Å²) in [6.45, 7) is 2.99.